The number of hydrogen-bond donors (Lipinski definition) is 3. The van der Waals surface area contributed by atoms with E-state index in [-0.39, 0.29) is 0 Å². The summed E-state index contributed by atoms with van der Waals surface area (Å²) in [7, 11) is 0. The van der Waals surface area contributed by atoms with E-state index < -0.39 is 0 Å². The number of hydrogen-bond acceptors (Lipinski definition) is 2. The Hall–Kier alpha value is -0.450. The summed E-state index contributed by atoms with van der Waals surface area (Å²) < 4.78 is 1.08. The maximum absolute atomic E-state index is 5.62. The largest absolute Gasteiger partial charge is 0.357 e. The fourth-order valence-electron chi connectivity index (χ4n) is 1.85. The molecular weight excluding hydrogens is 272 g/mol. The van der Waals surface area contributed by atoms with Crippen LogP contribution in [-0.4, -0.2) is 11.5 Å². The number of halogens is 1. The van der Waals surface area contributed by atoms with Crippen LogP contribution in [0, 0.1) is 0 Å². The van der Waals surface area contributed by atoms with Crippen molar-refractivity contribution in [1.29, 1.82) is 0 Å². The lowest BCUT2D eigenvalue weighted by molar-refractivity contribution is 0.960. The number of fused-ring (bicyclic) bond motifs is 1. The van der Waals surface area contributed by atoms with Gasteiger partial charge in [0.2, 0.25) is 0 Å². The molecule has 0 fully saturated rings. The normalized spacial score (nSPS) is 11.1. The summed E-state index contributed by atoms with van der Waals surface area (Å²) in [5.74, 6) is 0.724. The summed E-state index contributed by atoms with van der Waals surface area (Å²) in [6.07, 6.45) is 0.900. The lowest BCUT2D eigenvalue weighted by atomic mass is 10.1. The van der Waals surface area contributed by atoms with Crippen molar-refractivity contribution in [3.8, 4) is 0 Å². The van der Waals surface area contributed by atoms with Crippen LogP contribution in [0.1, 0.15) is 11.3 Å². The number of rotatable bonds is 3. The molecule has 0 bridgehead atoms. The van der Waals surface area contributed by atoms with Crippen LogP contribution in [-0.2, 0) is 12.2 Å². The van der Waals surface area contributed by atoms with Gasteiger partial charge in [-0.15, -0.1) is 0 Å². The van der Waals surface area contributed by atoms with E-state index in [1.807, 2.05) is 0 Å². The van der Waals surface area contributed by atoms with Gasteiger partial charge in [0.25, 0.3) is 0 Å². The predicted octanol–water partition coefficient (Wildman–Crippen LogP) is 2.86. The van der Waals surface area contributed by atoms with E-state index >= 15 is 0 Å². The Balaban J connectivity index is 2.63. The lowest BCUT2D eigenvalue weighted by Crippen LogP contribution is -2.03. The molecule has 0 spiro atoms. The Morgan fingerprint density at radius 2 is 2.20 bits per heavy atom. The fourth-order valence-corrected chi connectivity index (χ4v) is 2.48. The fraction of sp³-hybridized carbons (Fsp3) is 0.273. The summed E-state index contributed by atoms with van der Waals surface area (Å²) >= 11 is 7.79. The quantitative estimate of drug-likeness (QED) is 0.746. The zero-order chi connectivity index (χ0) is 10.8. The predicted molar refractivity (Wildman–Crippen MR) is 71.4 cm³/mol. The van der Waals surface area contributed by atoms with Gasteiger partial charge in [0.1, 0.15) is 0 Å². The molecule has 0 unspecified atom stereocenters. The standard InChI is InChI=1S/C11H13BrN2S/c12-7-1-2-8-9(3-4-13)11(6-15)14-10(8)5-7/h1-2,5,14-15H,3-4,6,13H2. The van der Waals surface area contributed by atoms with Gasteiger partial charge in [-0.1, -0.05) is 22.0 Å². The van der Waals surface area contributed by atoms with E-state index in [4.69, 9.17) is 5.73 Å². The topological polar surface area (TPSA) is 41.8 Å². The molecule has 1 aromatic heterocycles. The number of H-pyrrole nitrogens is 1. The number of aromatic amines is 1. The first-order valence-electron chi connectivity index (χ1n) is 4.86. The van der Waals surface area contributed by atoms with Crippen molar-refractivity contribution in [3.05, 3.63) is 33.9 Å². The highest BCUT2D eigenvalue weighted by atomic mass is 79.9. The number of nitrogens with two attached hydrogens (primary N) is 1. The lowest BCUT2D eigenvalue weighted by Gasteiger charge is -1.99. The Morgan fingerprint density at radius 1 is 1.40 bits per heavy atom. The minimum absolute atomic E-state index is 0.670. The van der Waals surface area contributed by atoms with Crippen molar-refractivity contribution in [1.82, 2.24) is 4.98 Å². The second-order valence-electron chi connectivity index (χ2n) is 3.47. The van der Waals surface area contributed by atoms with Crippen LogP contribution < -0.4 is 5.73 Å². The Morgan fingerprint density at radius 3 is 2.87 bits per heavy atom. The van der Waals surface area contributed by atoms with Crippen molar-refractivity contribution in [2.24, 2.45) is 5.73 Å². The number of aromatic nitrogens is 1. The molecule has 1 aromatic carbocycles. The summed E-state index contributed by atoms with van der Waals surface area (Å²) in [5.41, 5.74) is 9.24. The first-order chi connectivity index (χ1) is 7.26. The Bertz CT molecular complexity index is 479. The maximum Gasteiger partial charge on any atom is 0.0470 e. The number of thiol groups is 1. The number of nitrogens with one attached hydrogen (secondary N) is 1. The average Bonchev–Trinajstić information content (AvgIpc) is 2.56. The first kappa shape index (κ1) is 11.0. The van der Waals surface area contributed by atoms with E-state index in [2.05, 4.69) is 51.7 Å². The highest BCUT2D eigenvalue weighted by Gasteiger charge is 2.09. The van der Waals surface area contributed by atoms with Gasteiger partial charge in [-0.05, 0) is 30.7 Å². The zero-order valence-electron chi connectivity index (χ0n) is 8.26. The van der Waals surface area contributed by atoms with Crippen molar-refractivity contribution in [3.63, 3.8) is 0 Å². The van der Waals surface area contributed by atoms with Crippen LogP contribution in [0.15, 0.2) is 22.7 Å². The molecule has 15 heavy (non-hydrogen) atoms. The third-order valence-electron chi connectivity index (χ3n) is 2.51. The molecule has 0 atom stereocenters. The van der Waals surface area contributed by atoms with Gasteiger partial charge in [-0.2, -0.15) is 12.6 Å². The smallest absolute Gasteiger partial charge is 0.0470 e. The summed E-state index contributed by atoms with van der Waals surface area (Å²) in [6.45, 7) is 0.670. The molecule has 80 valence electrons. The van der Waals surface area contributed by atoms with Gasteiger partial charge in [0.15, 0.2) is 0 Å². The van der Waals surface area contributed by atoms with Gasteiger partial charge in [-0.25, -0.2) is 0 Å². The van der Waals surface area contributed by atoms with E-state index in [9.17, 15) is 0 Å². The zero-order valence-corrected chi connectivity index (χ0v) is 10.7. The molecule has 3 N–H and O–H groups in total. The molecule has 0 amide bonds. The van der Waals surface area contributed by atoms with Gasteiger partial charge in [-0.3, -0.25) is 0 Å². The third-order valence-corrected chi connectivity index (χ3v) is 3.32. The van der Waals surface area contributed by atoms with Crippen LogP contribution >= 0.6 is 28.6 Å². The molecule has 0 aliphatic heterocycles. The Labute approximate surface area is 103 Å². The van der Waals surface area contributed by atoms with Crippen molar-refractivity contribution < 1.29 is 0 Å². The van der Waals surface area contributed by atoms with E-state index in [0.29, 0.717) is 6.54 Å². The van der Waals surface area contributed by atoms with Crippen LogP contribution in [0.4, 0.5) is 0 Å². The van der Waals surface area contributed by atoms with Crippen LogP contribution in [0.5, 0.6) is 0 Å². The number of benzene rings is 1. The van der Waals surface area contributed by atoms with Crippen LogP contribution in [0.2, 0.25) is 0 Å². The summed E-state index contributed by atoms with van der Waals surface area (Å²) in [6, 6.07) is 6.26. The second kappa shape index (κ2) is 4.60. The minimum Gasteiger partial charge on any atom is -0.357 e. The molecule has 2 rings (SSSR count). The molecule has 0 saturated carbocycles. The van der Waals surface area contributed by atoms with Crippen molar-refractivity contribution in [2.45, 2.75) is 12.2 Å². The molecule has 1 heterocycles. The van der Waals surface area contributed by atoms with Gasteiger partial charge in [0.05, 0.1) is 0 Å². The van der Waals surface area contributed by atoms with Gasteiger partial charge < -0.3 is 10.7 Å². The molecule has 2 nitrogen and oxygen atoms in total. The maximum atomic E-state index is 5.62. The molecule has 2 aromatic rings. The molecule has 0 aliphatic rings. The first-order valence-corrected chi connectivity index (χ1v) is 6.28. The van der Waals surface area contributed by atoms with E-state index in [0.717, 1.165) is 22.2 Å². The third kappa shape index (κ3) is 2.07. The molecule has 0 aliphatic carbocycles. The van der Waals surface area contributed by atoms with Crippen LogP contribution in [0.25, 0.3) is 10.9 Å². The summed E-state index contributed by atoms with van der Waals surface area (Å²) in [5, 5.41) is 1.26. The average molecular weight is 285 g/mol. The Kier molecular flexibility index (Phi) is 3.38. The summed E-state index contributed by atoms with van der Waals surface area (Å²) in [4.78, 5) is 3.38. The molecule has 0 radical (unpaired) electrons. The highest BCUT2D eigenvalue weighted by molar-refractivity contribution is 9.10. The SMILES string of the molecule is NCCc1c(CS)[nH]c2cc(Br)ccc12. The molecular formula is C11H13BrN2S. The molecule has 0 saturated heterocycles. The van der Waals surface area contributed by atoms with Gasteiger partial charge >= 0.3 is 0 Å². The molecule has 4 heteroatoms. The second-order valence-corrected chi connectivity index (χ2v) is 4.70. The van der Waals surface area contributed by atoms with Crippen molar-refractivity contribution >= 4 is 39.5 Å². The minimum atomic E-state index is 0.670. The van der Waals surface area contributed by atoms with Crippen molar-refractivity contribution in [2.75, 3.05) is 6.54 Å². The monoisotopic (exact) mass is 284 g/mol. The van der Waals surface area contributed by atoms with Gasteiger partial charge in [0, 0.05) is 26.8 Å². The van der Waals surface area contributed by atoms with Crippen LogP contribution in [0.3, 0.4) is 0 Å². The highest BCUT2D eigenvalue weighted by Crippen LogP contribution is 2.26. The van der Waals surface area contributed by atoms with E-state index in [1.54, 1.807) is 0 Å². The van der Waals surface area contributed by atoms with E-state index in [1.165, 1.54) is 16.6 Å².